The first-order valence-electron chi connectivity index (χ1n) is 8.62. The molecule has 0 saturated carbocycles. The Morgan fingerprint density at radius 3 is 2.68 bits per heavy atom. The highest BCUT2D eigenvalue weighted by atomic mass is 32.2. The van der Waals surface area contributed by atoms with Crippen LogP contribution >= 0.6 is 0 Å². The fourth-order valence-corrected chi connectivity index (χ4v) is 3.77. The number of carbonyl (C=O) groups excluding carboxylic acids is 1. The first-order chi connectivity index (χ1) is 11.8. The van der Waals surface area contributed by atoms with Gasteiger partial charge < -0.3 is 14.1 Å². The third-order valence-corrected chi connectivity index (χ3v) is 5.29. The molecular formula is C17H28N2O5S. The average Bonchev–Trinajstić information content (AvgIpc) is 3.17. The molecule has 1 saturated heterocycles. The number of amides is 1. The molecule has 25 heavy (non-hydrogen) atoms. The lowest BCUT2D eigenvalue weighted by molar-refractivity contribution is -0.134. The van der Waals surface area contributed by atoms with Gasteiger partial charge in [-0.05, 0) is 30.9 Å². The van der Waals surface area contributed by atoms with Crippen molar-refractivity contribution in [2.45, 2.75) is 39.3 Å². The predicted molar refractivity (Wildman–Crippen MR) is 94.4 cm³/mol. The van der Waals surface area contributed by atoms with Crippen molar-refractivity contribution in [3.05, 3.63) is 24.2 Å². The molecule has 1 aromatic rings. The smallest absolute Gasteiger partial charge is 0.238 e. The van der Waals surface area contributed by atoms with E-state index in [1.54, 1.807) is 23.3 Å². The standard InChI is InChI=1S/C17H28N2O5S/c1-14(2)10-19(25(3,21)22)13-17(20)18(11-15-6-4-8-23-15)12-16-7-5-9-24-16/h4,6,8,14,16H,5,7,9-13H2,1-3H3. The molecule has 0 aliphatic carbocycles. The van der Waals surface area contributed by atoms with Crippen LogP contribution in [0.25, 0.3) is 0 Å². The first-order valence-corrected chi connectivity index (χ1v) is 10.5. The van der Waals surface area contributed by atoms with Gasteiger partial charge in [0.15, 0.2) is 0 Å². The zero-order chi connectivity index (χ0) is 18.4. The zero-order valence-electron chi connectivity index (χ0n) is 15.2. The predicted octanol–water partition coefficient (Wildman–Crippen LogP) is 1.70. The van der Waals surface area contributed by atoms with Crippen molar-refractivity contribution in [3.8, 4) is 0 Å². The first kappa shape index (κ1) is 19.9. The van der Waals surface area contributed by atoms with E-state index in [9.17, 15) is 13.2 Å². The molecule has 1 unspecified atom stereocenters. The van der Waals surface area contributed by atoms with Crippen LogP contribution in [0.3, 0.4) is 0 Å². The van der Waals surface area contributed by atoms with Crippen molar-refractivity contribution < 1.29 is 22.4 Å². The molecule has 2 heterocycles. The van der Waals surface area contributed by atoms with Gasteiger partial charge in [0, 0.05) is 19.7 Å². The van der Waals surface area contributed by atoms with Gasteiger partial charge in [0.2, 0.25) is 15.9 Å². The monoisotopic (exact) mass is 372 g/mol. The summed E-state index contributed by atoms with van der Waals surface area (Å²) in [5.74, 6) is 0.568. The highest BCUT2D eigenvalue weighted by Crippen LogP contribution is 2.16. The molecule has 7 nitrogen and oxygen atoms in total. The number of sulfonamides is 1. The Morgan fingerprint density at radius 1 is 1.40 bits per heavy atom. The van der Waals surface area contributed by atoms with E-state index >= 15 is 0 Å². The molecule has 1 amide bonds. The molecule has 2 rings (SSSR count). The lowest BCUT2D eigenvalue weighted by atomic mass is 10.2. The molecule has 0 radical (unpaired) electrons. The van der Waals surface area contributed by atoms with Gasteiger partial charge in [-0.1, -0.05) is 13.8 Å². The van der Waals surface area contributed by atoms with Gasteiger partial charge in [0.05, 0.1) is 31.7 Å². The van der Waals surface area contributed by atoms with Crippen LogP contribution in [0.5, 0.6) is 0 Å². The fourth-order valence-electron chi connectivity index (χ4n) is 2.85. The molecule has 0 bridgehead atoms. The number of hydrogen-bond donors (Lipinski definition) is 0. The number of nitrogens with zero attached hydrogens (tertiary/aromatic N) is 2. The van der Waals surface area contributed by atoms with Gasteiger partial charge in [-0.25, -0.2) is 8.42 Å². The fraction of sp³-hybridized carbons (Fsp3) is 0.706. The number of rotatable bonds is 9. The second-order valence-corrected chi connectivity index (χ2v) is 8.92. The quantitative estimate of drug-likeness (QED) is 0.659. The third-order valence-electron chi connectivity index (χ3n) is 4.08. The summed E-state index contributed by atoms with van der Waals surface area (Å²) in [6, 6.07) is 3.57. The Morgan fingerprint density at radius 2 is 2.16 bits per heavy atom. The van der Waals surface area contributed by atoms with Crippen molar-refractivity contribution in [1.29, 1.82) is 0 Å². The average molecular weight is 372 g/mol. The molecule has 0 aromatic carbocycles. The SMILES string of the molecule is CC(C)CN(CC(=O)N(Cc1ccco1)CC1CCCO1)S(C)(=O)=O. The van der Waals surface area contributed by atoms with Crippen LogP contribution in [0.15, 0.2) is 22.8 Å². The second-order valence-electron chi connectivity index (χ2n) is 6.94. The molecule has 1 atom stereocenters. The molecule has 1 aliphatic rings. The van der Waals surface area contributed by atoms with Crippen LogP contribution < -0.4 is 0 Å². The van der Waals surface area contributed by atoms with Crippen molar-refractivity contribution in [2.75, 3.05) is 32.5 Å². The molecule has 1 fully saturated rings. The summed E-state index contributed by atoms with van der Waals surface area (Å²) in [6.07, 6.45) is 4.58. The Kier molecular flexibility index (Phi) is 7.04. The number of furan rings is 1. The van der Waals surface area contributed by atoms with Gasteiger partial charge in [-0.2, -0.15) is 4.31 Å². The van der Waals surface area contributed by atoms with Crippen molar-refractivity contribution >= 4 is 15.9 Å². The number of carbonyl (C=O) groups is 1. The van der Waals surface area contributed by atoms with E-state index in [0.717, 1.165) is 19.1 Å². The Bertz CT molecular complexity index is 636. The van der Waals surface area contributed by atoms with Crippen LogP contribution in [-0.2, 0) is 26.1 Å². The van der Waals surface area contributed by atoms with Gasteiger partial charge in [0.25, 0.3) is 0 Å². The van der Waals surface area contributed by atoms with Crippen molar-refractivity contribution in [3.63, 3.8) is 0 Å². The van der Waals surface area contributed by atoms with E-state index in [1.165, 1.54) is 4.31 Å². The van der Waals surface area contributed by atoms with Crippen LogP contribution in [0.4, 0.5) is 0 Å². The maximum Gasteiger partial charge on any atom is 0.238 e. The summed E-state index contributed by atoms with van der Waals surface area (Å²) in [4.78, 5) is 14.5. The molecule has 142 valence electrons. The number of ether oxygens (including phenoxy) is 1. The zero-order valence-corrected chi connectivity index (χ0v) is 16.0. The Labute approximate surface area is 150 Å². The van der Waals surface area contributed by atoms with E-state index in [4.69, 9.17) is 9.15 Å². The van der Waals surface area contributed by atoms with Crippen LogP contribution in [0, 0.1) is 5.92 Å². The van der Waals surface area contributed by atoms with Crippen LogP contribution in [0.2, 0.25) is 0 Å². The summed E-state index contributed by atoms with van der Waals surface area (Å²) in [5, 5.41) is 0. The Hall–Kier alpha value is -1.38. The van der Waals surface area contributed by atoms with Crippen molar-refractivity contribution in [1.82, 2.24) is 9.21 Å². The minimum atomic E-state index is -3.45. The second kappa shape index (κ2) is 8.82. The molecule has 1 aliphatic heterocycles. The van der Waals surface area contributed by atoms with Crippen LogP contribution in [0.1, 0.15) is 32.4 Å². The topological polar surface area (TPSA) is 80.1 Å². The molecular weight excluding hydrogens is 344 g/mol. The number of hydrogen-bond acceptors (Lipinski definition) is 5. The highest BCUT2D eigenvalue weighted by Gasteiger charge is 2.27. The van der Waals surface area contributed by atoms with Gasteiger partial charge >= 0.3 is 0 Å². The maximum atomic E-state index is 12.8. The summed E-state index contributed by atoms with van der Waals surface area (Å²) in [5.41, 5.74) is 0. The Balaban J connectivity index is 2.08. The largest absolute Gasteiger partial charge is 0.467 e. The summed E-state index contributed by atoms with van der Waals surface area (Å²) in [7, 11) is -3.45. The van der Waals surface area contributed by atoms with E-state index < -0.39 is 10.0 Å². The summed E-state index contributed by atoms with van der Waals surface area (Å²) >= 11 is 0. The van der Waals surface area contributed by atoms with Gasteiger partial charge in [0.1, 0.15) is 5.76 Å². The van der Waals surface area contributed by atoms with Gasteiger partial charge in [-0.15, -0.1) is 0 Å². The highest BCUT2D eigenvalue weighted by molar-refractivity contribution is 7.88. The summed E-state index contributed by atoms with van der Waals surface area (Å²) in [6.45, 7) is 5.47. The van der Waals surface area contributed by atoms with E-state index in [2.05, 4.69) is 0 Å². The molecule has 8 heteroatoms. The minimum Gasteiger partial charge on any atom is -0.467 e. The minimum absolute atomic E-state index is 0.00399. The van der Waals surface area contributed by atoms with Crippen molar-refractivity contribution in [2.24, 2.45) is 5.92 Å². The van der Waals surface area contributed by atoms with Gasteiger partial charge in [-0.3, -0.25) is 4.79 Å². The van der Waals surface area contributed by atoms with E-state index in [1.807, 2.05) is 13.8 Å². The van der Waals surface area contributed by atoms with Crippen LogP contribution in [-0.4, -0.2) is 62.1 Å². The molecule has 0 N–H and O–H groups in total. The summed E-state index contributed by atoms with van der Waals surface area (Å²) < 4.78 is 36.2. The van der Waals surface area contributed by atoms with E-state index in [-0.39, 0.29) is 24.5 Å². The molecule has 0 spiro atoms. The third kappa shape index (κ3) is 6.45. The molecule has 1 aromatic heterocycles. The maximum absolute atomic E-state index is 12.8. The van der Waals surface area contributed by atoms with E-state index in [0.29, 0.717) is 32.0 Å². The normalized spacial score (nSPS) is 18.2. The lowest BCUT2D eigenvalue weighted by Crippen LogP contribution is -2.45. The lowest BCUT2D eigenvalue weighted by Gasteiger charge is -2.28.